The van der Waals surface area contributed by atoms with Crippen molar-refractivity contribution in [3.05, 3.63) is 5.82 Å². The normalized spacial score (nSPS) is 19.7. The fourth-order valence-corrected chi connectivity index (χ4v) is 1.52. The van der Waals surface area contributed by atoms with Gasteiger partial charge in [-0.1, -0.05) is 0 Å². The number of tetrazole rings is 1. The smallest absolute Gasteiger partial charge is 0.213 e. The summed E-state index contributed by atoms with van der Waals surface area (Å²) in [6.45, 7) is 0. The molecule has 1 saturated carbocycles. The van der Waals surface area contributed by atoms with Crippen molar-refractivity contribution in [3.8, 4) is 0 Å². The third-order valence-corrected chi connectivity index (χ3v) is 2.55. The van der Waals surface area contributed by atoms with Gasteiger partial charge in [-0.25, -0.2) is 4.68 Å². The zero-order valence-corrected chi connectivity index (χ0v) is 7.68. The molecule has 0 amide bonds. The fourth-order valence-electron chi connectivity index (χ4n) is 1.36. The van der Waals surface area contributed by atoms with Crippen molar-refractivity contribution < 1.29 is 13.2 Å². The molecule has 1 heterocycles. The maximum absolute atomic E-state index is 12.6. The average Bonchev–Trinajstić information content (AvgIpc) is 2.78. The molecule has 1 aromatic heterocycles. The van der Waals surface area contributed by atoms with Crippen LogP contribution in [0, 0.1) is 0 Å². The van der Waals surface area contributed by atoms with Crippen molar-refractivity contribution in [2.75, 3.05) is 0 Å². The Kier molecular flexibility index (Phi) is 1.95. The summed E-state index contributed by atoms with van der Waals surface area (Å²) in [5, 5.41) is 9.95. The molecule has 2 rings (SSSR count). The molecule has 0 spiro atoms. The Bertz CT molecular complexity index is 343. The molecule has 0 aliphatic heterocycles. The van der Waals surface area contributed by atoms with Crippen LogP contribution in [0.15, 0.2) is 0 Å². The highest BCUT2D eigenvalue weighted by molar-refractivity contribution is 6.16. The van der Waals surface area contributed by atoms with E-state index < -0.39 is 11.7 Å². The largest absolute Gasteiger partial charge is 0.413 e. The summed E-state index contributed by atoms with van der Waals surface area (Å²) in [7, 11) is 0. The monoisotopic (exact) mass is 226 g/mol. The lowest BCUT2D eigenvalue weighted by atomic mass is 10.2. The Balaban J connectivity index is 2.40. The lowest BCUT2D eigenvalue weighted by Gasteiger charge is -2.19. The van der Waals surface area contributed by atoms with Gasteiger partial charge in [0.05, 0.1) is 5.88 Å². The van der Waals surface area contributed by atoms with E-state index in [1.165, 1.54) is 0 Å². The van der Waals surface area contributed by atoms with Crippen molar-refractivity contribution in [2.24, 2.45) is 0 Å². The summed E-state index contributed by atoms with van der Waals surface area (Å²) >= 11 is 5.43. The quantitative estimate of drug-likeness (QED) is 0.717. The molecule has 0 atom stereocenters. The molecule has 0 unspecified atom stereocenters. The molecule has 4 nitrogen and oxygen atoms in total. The van der Waals surface area contributed by atoms with Crippen LogP contribution in [0.4, 0.5) is 13.2 Å². The molecule has 0 saturated heterocycles. The van der Waals surface area contributed by atoms with E-state index in [1.807, 2.05) is 0 Å². The van der Waals surface area contributed by atoms with Gasteiger partial charge in [0.2, 0.25) is 0 Å². The third kappa shape index (κ3) is 1.18. The molecule has 1 fully saturated rings. The lowest BCUT2D eigenvalue weighted by molar-refractivity contribution is -0.183. The van der Waals surface area contributed by atoms with Crippen molar-refractivity contribution in [1.82, 2.24) is 20.2 Å². The highest BCUT2D eigenvalue weighted by atomic mass is 35.5. The van der Waals surface area contributed by atoms with E-state index >= 15 is 0 Å². The first-order valence-corrected chi connectivity index (χ1v) is 4.45. The molecule has 0 N–H and O–H groups in total. The SMILES string of the molecule is FC(F)(F)C1(n2nnnc2CCl)CC1. The van der Waals surface area contributed by atoms with Gasteiger partial charge in [0, 0.05) is 0 Å². The Hall–Kier alpha value is -0.850. The second-order valence-corrected chi connectivity index (χ2v) is 3.44. The molecular formula is C6H6ClF3N4. The molecule has 78 valence electrons. The van der Waals surface area contributed by atoms with E-state index in [0.717, 1.165) is 4.68 Å². The zero-order chi connectivity index (χ0) is 10.4. The van der Waals surface area contributed by atoms with Crippen LogP contribution in [0.1, 0.15) is 18.7 Å². The van der Waals surface area contributed by atoms with Crippen LogP contribution in [0.2, 0.25) is 0 Å². The molecule has 0 radical (unpaired) electrons. The van der Waals surface area contributed by atoms with Crippen LogP contribution in [0.25, 0.3) is 0 Å². The van der Waals surface area contributed by atoms with Crippen LogP contribution in [-0.2, 0) is 11.4 Å². The summed E-state index contributed by atoms with van der Waals surface area (Å²) in [6.07, 6.45) is -4.28. The number of hydrogen-bond acceptors (Lipinski definition) is 3. The van der Waals surface area contributed by atoms with E-state index in [4.69, 9.17) is 11.6 Å². The number of rotatable bonds is 2. The maximum Gasteiger partial charge on any atom is 0.413 e. The standard InChI is InChI=1S/C6H6ClF3N4/c7-3-4-11-12-13-14(4)5(1-2-5)6(8,9)10/h1-3H2. The first-order valence-electron chi connectivity index (χ1n) is 3.92. The Morgan fingerprint density at radius 1 is 1.43 bits per heavy atom. The van der Waals surface area contributed by atoms with Crippen LogP contribution in [0.5, 0.6) is 0 Å². The molecule has 0 bridgehead atoms. The van der Waals surface area contributed by atoms with Crippen molar-refractivity contribution >= 4 is 11.6 Å². The molecule has 0 aromatic carbocycles. The van der Waals surface area contributed by atoms with Gasteiger partial charge in [-0.05, 0) is 23.3 Å². The predicted octanol–water partition coefficient (Wildman–Crippen LogP) is 1.46. The van der Waals surface area contributed by atoms with Gasteiger partial charge in [0.15, 0.2) is 11.4 Å². The molecule has 1 aliphatic carbocycles. The molecule has 1 aromatic rings. The van der Waals surface area contributed by atoms with Crippen molar-refractivity contribution in [2.45, 2.75) is 30.4 Å². The Labute approximate surface area is 82.0 Å². The summed E-state index contributed by atoms with van der Waals surface area (Å²) in [6, 6.07) is 0. The number of halogens is 4. The van der Waals surface area contributed by atoms with Gasteiger partial charge in [-0.2, -0.15) is 13.2 Å². The van der Waals surface area contributed by atoms with Gasteiger partial charge in [0.25, 0.3) is 0 Å². The Morgan fingerprint density at radius 3 is 2.50 bits per heavy atom. The van der Waals surface area contributed by atoms with Gasteiger partial charge in [0.1, 0.15) is 0 Å². The van der Waals surface area contributed by atoms with E-state index in [0.29, 0.717) is 0 Å². The van der Waals surface area contributed by atoms with Crippen LogP contribution in [0.3, 0.4) is 0 Å². The first kappa shape index (κ1) is 9.70. The summed E-state index contributed by atoms with van der Waals surface area (Å²) in [4.78, 5) is 0. The Morgan fingerprint density at radius 2 is 2.07 bits per heavy atom. The van der Waals surface area contributed by atoms with Gasteiger partial charge < -0.3 is 0 Å². The average molecular weight is 227 g/mol. The second-order valence-electron chi connectivity index (χ2n) is 3.17. The minimum absolute atomic E-state index is 0.0193. The van der Waals surface area contributed by atoms with Gasteiger partial charge in [-0.15, -0.1) is 16.7 Å². The molecular weight excluding hydrogens is 221 g/mol. The minimum atomic E-state index is -4.32. The lowest BCUT2D eigenvalue weighted by Crippen LogP contribution is -2.36. The summed E-state index contributed by atoms with van der Waals surface area (Å²) in [5.74, 6) is -0.0633. The molecule has 14 heavy (non-hydrogen) atoms. The van der Waals surface area contributed by atoms with Crippen LogP contribution in [-0.4, -0.2) is 26.4 Å². The van der Waals surface area contributed by atoms with E-state index in [1.54, 1.807) is 0 Å². The molecule has 1 aliphatic rings. The summed E-state index contributed by atoms with van der Waals surface area (Å²) < 4.78 is 38.6. The van der Waals surface area contributed by atoms with Gasteiger partial charge in [-0.3, -0.25) is 0 Å². The van der Waals surface area contributed by atoms with E-state index in [2.05, 4.69) is 15.5 Å². The van der Waals surface area contributed by atoms with Crippen LogP contribution < -0.4 is 0 Å². The number of nitrogens with zero attached hydrogens (tertiary/aromatic N) is 4. The van der Waals surface area contributed by atoms with Crippen LogP contribution >= 0.6 is 11.6 Å². The highest BCUT2D eigenvalue weighted by Gasteiger charge is 2.66. The molecule has 8 heteroatoms. The highest BCUT2D eigenvalue weighted by Crippen LogP contribution is 2.55. The topological polar surface area (TPSA) is 43.6 Å². The number of alkyl halides is 4. The fraction of sp³-hybridized carbons (Fsp3) is 0.833. The van der Waals surface area contributed by atoms with Gasteiger partial charge >= 0.3 is 6.18 Å². The summed E-state index contributed by atoms with van der Waals surface area (Å²) in [5.41, 5.74) is -1.90. The first-order chi connectivity index (χ1) is 6.51. The number of aromatic nitrogens is 4. The maximum atomic E-state index is 12.6. The van der Waals surface area contributed by atoms with E-state index in [9.17, 15) is 13.2 Å². The van der Waals surface area contributed by atoms with E-state index in [-0.39, 0.29) is 24.5 Å². The predicted molar refractivity (Wildman–Crippen MR) is 40.6 cm³/mol. The van der Waals surface area contributed by atoms with Crippen molar-refractivity contribution in [1.29, 1.82) is 0 Å². The minimum Gasteiger partial charge on any atom is -0.213 e. The third-order valence-electron chi connectivity index (χ3n) is 2.31. The second kappa shape index (κ2) is 2.82. The zero-order valence-electron chi connectivity index (χ0n) is 6.92. The number of hydrogen-bond donors (Lipinski definition) is 0. The van der Waals surface area contributed by atoms with Crippen molar-refractivity contribution in [3.63, 3.8) is 0 Å².